The van der Waals surface area contributed by atoms with Gasteiger partial charge in [-0.2, -0.15) is 15.4 Å². The number of H-pyrrole nitrogens is 1. The fourth-order valence-electron chi connectivity index (χ4n) is 4.10. The van der Waals surface area contributed by atoms with Gasteiger partial charge in [-0.3, -0.25) is 4.90 Å². The molecule has 0 atom stereocenters. The van der Waals surface area contributed by atoms with Gasteiger partial charge in [0.05, 0.1) is 31.3 Å². The summed E-state index contributed by atoms with van der Waals surface area (Å²) >= 11 is 0. The van der Waals surface area contributed by atoms with Gasteiger partial charge in [0.1, 0.15) is 11.5 Å². The molecule has 1 N–H and O–H groups in total. The second kappa shape index (κ2) is 11.5. The van der Waals surface area contributed by atoms with Crippen molar-refractivity contribution < 1.29 is 9.47 Å². The minimum absolute atomic E-state index is 0.763. The van der Waals surface area contributed by atoms with Gasteiger partial charge in [0.25, 0.3) is 0 Å². The van der Waals surface area contributed by atoms with Gasteiger partial charge in [0.15, 0.2) is 0 Å². The van der Waals surface area contributed by atoms with Gasteiger partial charge in [0.2, 0.25) is 0 Å². The third-order valence-corrected chi connectivity index (χ3v) is 5.99. The van der Waals surface area contributed by atoms with Crippen molar-refractivity contribution in [3.05, 3.63) is 66.0 Å². The van der Waals surface area contributed by atoms with Crippen LogP contribution in [0.4, 0.5) is 5.69 Å². The summed E-state index contributed by atoms with van der Waals surface area (Å²) < 4.78 is 11.4. The van der Waals surface area contributed by atoms with Crippen molar-refractivity contribution in [2.75, 3.05) is 51.3 Å². The fraction of sp³-hybridized carbons (Fsp3) is 0.440. The first-order valence-electron chi connectivity index (χ1n) is 11.5. The van der Waals surface area contributed by atoms with Crippen LogP contribution >= 0.6 is 0 Å². The topological polar surface area (TPSA) is 66.5 Å². The number of unbranched alkanes of at least 4 members (excludes halogenated alkanes) is 1. The molecule has 32 heavy (non-hydrogen) atoms. The summed E-state index contributed by atoms with van der Waals surface area (Å²) in [4.78, 5) is 4.98. The normalized spacial score (nSPS) is 14.5. The molecule has 0 spiro atoms. The highest BCUT2D eigenvalue weighted by Crippen LogP contribution is 2.28. The second-order valence-electron chi connectivity index (χ2n) is 8.16. The predicted molar refractivity (Wildman–Crippen MR) is 127 cm³/mol. The van der Waals surface area contributed by atoms with Crippen molar-refractivity contribution in [3.63, 3.8) is 0 Å². The van der Waals surface area contributed by atoms with Crippen molar-refractivity contribution in [1.29, 1.82) is 0 Å². The Hall–Kier alpha value is -3.06. The largest absolute Gasteiger partial charge is 0.495 e. The number of aromatic amines is 1. The van der Waals surface area contributed by atoms with Crippen LogP contribution in [0.2, 0.25) is 0 Å². The highest BCUT2D eigenvalue weighted by atomic mass is 16.5. The van der Waals surface area contributed by atoms with E-state index >= 15 is 0 Å². The van der Waals surface area contributed by atoms with E-state index in [9.17, 15) is 0 Å². The first-order valence-corrected chi connectivity index (χ1v) is 11.5. The third kappa shape index (κ3) is 6.23. The molecule has 7 nitrogen and oxygen atoms in total. The van der Waals surface area contributed by atoms with E-state index in [4.69, 9.17) is 9.47 Å². The van der Waals surface area contributed by atoms with Gasteiger partial charge in [-0.1, -0.05) is 24.3 Å². The first-order chi connectivity index (χ1) is 15.8. The molecular weight excluding hydrogens is 402 g/mol. The number of hydrogen-bond acceptors (Lipinski definition) is 6. The minimum atomic E-state index is 0.763. The van der Waals surface area contributed by atoms with E-state index in [0.29, 0.717) is 0 Å². The van der Waals surface area contributed by atoms with E-state index in [1.54, 1.807) is 13.3 Å². The second-order valence-corrected chi connectivity index (χ2v) is 8.16. The lowest BCUT2D eigenvalue weighted by Gasteiger charge is -2.36. The summed E-state index contributed by atoms with van der Waals surface area (Å²) in [5, 5.41) is 10.6. The van der Waals surface area contributed by atoms with Crippen LogP contribution in [0.1, 0.15) is 24.1 Å². The molecule has 7 heteroatoms. The van der Waals surface area contributed by atoms with Gasteiger partial charge in [0, 0.05) is 26.2 Å². The Kier molecular flexibility index (Phi) is 7.98. The Balaban J connectivity index is 1.09. The lowest BCUT2D eigenvalue weighted by Crippen LogP contribution is -2.46. The van der Waals surface area contributed by atoms with Gasteiger partial charge in [-0.25, -0.2) is 0 Å². The van der Waals surface area contributed by atoms with E-state index < -0.39 is 0 Å². The van der Waals surface area contributed by atoms with Crippen molar-refractivity contribution in [1.82, 2.24) is 20.3 Å². The van der Waals surface area contributed by atoms with Crippen LogP contribution in [-0.4, -0.2) is 66.8 Å². The number of aryl methyl sites for hydroxylation is 2. The first kappa shape index (κ1) is 22.1. The highest BCUT2D eigenvalue weighted by Gasteiger charge is 2.19. The van der Waals surface area contributed by atoms with Crippen molar-refractivity contribution in [3.8, 4) is 11.5 Å². The molecule has 0 unspecified atom stereocenters. The highest BCUT2D eigenvalue weighted by molar-refractivity contribution is 5.58. The molecule has 3 aromatic rings. The summed E-state index contributed by atoms with van der Waals surface area (Å²) in [6.45, 7) is 6.16. The lowest BCUT2D eigenvalue weighted by molar-refractivity contribution is 0.238. The third-order valence-electron chi connectivity index (χ3n) is 5.99. The molecule has 0 amide bonds. The van der Waals surface area contributed by atoms with E-state index in [1.807, 2.05) is 12.1 Å². The SMILES string of the molecule is COc1ccccc1N1CCN(CCCCOc2ccc(CCc3cn[nH]n3)cc2)CC1. The zero-order valence-electron chi connectivity index (χ0n) is 18.9. The Bertz CT molecular complexity index is 922. The number of para-hydroxylation sites is 2. The molecule has 1 aromatic heterocycles. The Morgan fingerprint density at radius 3 is 2.50 bits per heavy atom. The summed E-state index contributed by atoms with van der Waals surface area (Å²) in [5.74, 6) is 1.90. The Morgan fingerprint density at radius 1 is 0.938 bits per heavy atom. The van der Waals surface area contributed by atoms with Gasteiger partial charge in [-0.05, 0) is 62.1 Å². The van der Waals surface area contributed by atoms with Crippen LogP contribution in [-0.2, 0) is 12.8 Å². The fourth-order valence-corrected chi connectivity index (χ4v) is 4.10. The average molecular weight is 436 g/mol. The number of piperazine rings is 1. The van der Waals surface area contributed by atoms with Gasteiger partial charge < -0.3 is 14.4 Å². The van der Waals surface area contributed by atoms with Crippen LogP contribution in [0.15, 0.2) is 54.7 Å². The molecule has 1 fully saturated rings. The number of ether oxygens (including phenoxy) is 2. The molecule has 170 valence electrons. The summed E-state index contributed by atoms with van der Waals surface area (Å²) in [7, 11) is 1.74. The Morgan fingerprint density at radius 2 is 1.75 bits per heavy atom. The maximum atomic E-state index is 5.93. The molecule has 0 bridgehead atoms. The van der Waals surface area contributed by atoms with E-state index in [-0.39, 0.29) is 0 Å². The molecule has 0 saturated carbocycles. The lowest BCUT2D eigenvalue weighted by atomic mass is 10.1. The molecule has 1 aliphatic rings. The molecule has 4 rings (SSSR count). The minimum Gasteiger partial charge on any atom is -0.495 e. The standard InChI is InChI=1S/C25H33N5O2/c1-31-25-7-3-2-6-24(25)30-17-15-29(16-18-30)14-4-5-19-32-23-12-9-21(10-13-23)8-11-22-20-26-28-27-22/h2-3,6-7,9-10,12-13,20H,4-5,8,11,14-19H2,1H3,(H,26,27,28). The number of rotatable bonds is 11. The summed E-state index contributed by atoms with van der Waals surface area (Å²) in [6, 6.07) is 16.7. The summed E-state index contributed by atoms with van der Waals surface area (Å²) in [6.07, 6.45) is 5.85. The van der Waals surface area contributed by atoms with E-state index in [1.165, 1.54) is 11.3 Å². The monoisotopic (exact) mass is 435 g/mol. The van der Waals surface area contributed by atoms with Crippen LogP contribution in [0.5, 0.6) is 11.5 Å². The maximum Gasteiger partial charge on any atom is 0.142 e. The van der Waals surface area contributed by atoms with Crippen molar-refractivity contribution >= 4 is 5.69 Å². The number of nitrogens with one attached hydrogen (secondary N) is 1. The number of nitrogens with zero attached hydrogens (tertiary/aromatic N) is 4. The number of aromatic nitrogens is 3. The van der Waals surface area contributed by atoms with Crippen LogP contribution < -0.4 is 14.4 Å². The van der Waals surface area contributed by atoms with Crippen molar-refractivity contribution in [2.24, 2.45) is 0 Å². The zero-order chi connectivity index (χ0) is 22.0. The molecule has 2 heterocycles. The number of methoxy groups -OCH3 is 1. The smallest absolute Gasteiger partial charge is 0.142 e. The number of benzene rings is 2. The predicted octanol–water partition coefficient (Wildman–Crippen LogP) is 3.58. The average Bonchev–Trinajstić information content (AvgIpc) is 3.37. The van der Waals surface area contributed by atoms with Crippen LogP contribution in [0.3, 0.4) is 0 Å². The van der Waals surface area contributed by atoms with Gasteiger partial charge >= 0.3 is 0 Å². The molecule has 0 aliphatic carbocycles. The maximum absolute atomic E-state index is 5.93. The van der Waals surface area contributed by atoms with E-state index in [2.05, 4.69) is 61.6 Å². The zero-order valence-corrected chi connectivity index (χ0v) is 18.9. The van der Waals surface area contributed by atoms with Crippen LogP contribution in [0, 0.1) is 0 Å². The molecule has 0 radical (unpaired) electrons. The number of hydrogen-bond donors (Lipinski definition) is 1. The van der Waals surface area contributed by atoms with Crippen molar-refractivity contribution in [2.45, 2.75) is 25.7 Å². The quantitative estimate of drug-likeness (QED) is 0.465. The van der Waals surface area contributed by atoms with Gasteiger partial charge in [-0.15, -0.1) is 0 Å². The molecule has 2 aromatic carbocycles. The Labute approximate surface area is 190 Å². The number of anilines is 1. The van der Waals surface area contributed by atoms with E-state index in [0.717, 1.165) is 82.2 Å². The molecule has 1 saturated heterocycles. The summed E-state index contributed by atoms with van der Waals surface area (Å²) in [5.41, 5.74) is 3.48. The van der Waals surface area contributed by atoms with Crippen LogP contribution in [0.25, 0.3) is 0 Å². The molecule has 1 aliphatic heterocycles. The molecular formula is C25H33N5O2.